The molecule has 2 aromatic rings. The lowest BCUT2D eigenvalue weighted by molar-refractivity contribution is 0.525. The van der Waals surface area contributed by atoms with E-state index in [1.165, 1.54) is 5.57 Å². The first-order chi connectivity index (χ1) is 9.20. The molecule has 0 radical (unpaired) electrons. The molecule has 1 aromatic carbocycles. The Hall–Kier alpha value is -2.23. The minimum atomic E-state index is 0.711. The number of oxazole rings is 1. The lowest BCUT2D eigenvalue weighted by Crippen LogP contribution is -2.02. The SMILES string of the molecule is NC1=CC=C(CCc2nc3cc(N)ccc3o2)CC1. The number of aromatic nitrogens is 1. The number of hydrogen-bond donors (Lipinski definition) is 2. The second-order valence-electron chi connectivity index (χ2n) is 4.90. The van der Waals surface area contributed by atoms with Crippen molar-refractivity contribution in [1.82, 2.24) is 4.98 Å². The highest BCUT2D eigenvalue weighted by Crippen LogP contribution is 2.22. The fourth-order valence-corrected chi connectivity index (χ4v) is 2.27. The summed E-state index contributed by atoms with van der Waals surface area (Å²) in [5.74, 6) is 0.768. The molecule has 4 N–H and O–H groups in total. The van der Waals surface area contributed by atoms with Gasteiger partial charge in [-0.25, -0.2) is 4.98 Å². The van der Waals surface area contributed by atoms with Crippen LogP contribution in [0.5, 0.6) is 0 Å². The predicted octanol–water partition coefficient (Wildman–Crippen LogP) is 2.91. The fraction of sp³-hybridized carbons (Fsp3) is 0.267. The summed E-state index contributed by atoms with van der Waals surface area (Å²) < 4.78 is 5.70. The van der Waals surface area contributed by atoms with Crippen molar-refractivity contribution in [2.45, 2.75) is 25.7 Å². The maximum atomic E-state index is 5.74. The molecule has 0 atom stereocenters. The number of rotatable bonds is 3. The molecule has 0 fully saturated rings. The van der Waals surface area contributed by atoms with Gasteiger partial charge in [0, 0.05) is 17.8 Å². The van der Waals surface area contributed by atoms with Crippen molar-refractivity contribution >= 4 is 16.8 Å². The molecule has 0 saturated carbocycles. The van der Waals surface area contributed by atoms with Crippen molar-refractivity contribution < 1.29 is 4.42 Å². The summed E-state index contributed by atoms with van der Waals surface area (Å²) in [7, 11) is 0. The largest absolute Gasteiger partial charge is 0.441 e. The monoisotopic (exact) mass is 255 g/mol. The van der Waals surface area contributed by atoms with Crippen LogP contribution < -0.4 is 11.5 Å². The number of allylic oxidation sites excluding steroid dienone is 4. The Bertz CT molecular complexity index is 667. The standard InChI is InChI=1S/C15H17N3O/c16-11-4-1-10(2-5-11)3-8-15-18-13-9-12(17)6-7-14(13)19-15/h1,4,6-7,9H,2-3,5,8,16-17H2. The first-order valence-electron chi connectivity index (χ1n) is 6.50. The molecule has 0 spiro atoms. The maximum Gasteiger partial charge on any atom is 0.195 e. The van der Waals surface area contributed by atoms with Crippen LogP contribution in [0, 0.1) is 0 Å². The van der Waals surface area contributed by atoms with Gasteiger partial charge in [-0.05, 0) is 43.5 Å². The van der Waals surface area contributed by atoms with Gasteiger partial charge in [-0.1, -0.05) is 11.6 Å². The normalized spacial score (nSPS) is 15.4. The van der Waals surface area contributed by atoms with Gasteiger partial charge in [-0.2, -0.15) is 0 Å². The molecule has 0 amide bonds. The number of nitrogens with zero attached hydrogens (tertiary/aromatic N) is 1. The molecule has 98 valence electrons. The zero-order valence-corrected chi connectivity index (χ0v) is 10.7. The molecule has 0 unspecified atom stereocenters. The third kappa shape index (κ3) is 2.62. The van der Waals surface area contributed by atoms with Crippen LogP contribution in [-0.2, 0) is 6.42 Å². The predicted molar refractivity (Wildman–Crippen MR) is 76.3 cm³/mol. The third-order valence-electron chi connectivity index (χ3n) is 3.38. The molecule has 0 bridgehead atoms. The van der Waals surface area contributed by atoms with Gasteiger partial charge in [0.05, 0.1) is 0 Å². The molecule has 4 nitrogen and oxygen atoms in total. The molecular weight excluding hydrogens is 238 g/mol. The van der Waals surface area contributed by atoms with E-state index in [1.54, 1.807) is 0 Å². The third-order valence-corrected chi connectivity index (χ3v) is 3.38. The molecule has 3 rings (SSSR count). The number of hydrogen-bond acceptors (Lipinski definition) is 4. The number of benzene rings is 1. The van der Waals surface area contributed by atoms with Crippen molar-refractivity contribution in [1.29, 1.82) is 0 Å². The van der Waals surface area contributed by atoms with Crippen molar-refractivity contribution in [2.75, 3.05) is 5.73 Å². The van der Waals surface area contributed by atoms with E-state index in [2.05, 4.69) is 11.1 Å². The van der Waals surface area contributed by atoms with E-state index in [1.807, 2.05) is 24.3 Å². The van der Waals surface area contributed by atoms with Crippen LogP contribution in [0.25, 0.3) is 11.1 Å². The van der Waals surface area contributed by atoms with Gasteiger partial charge in [0.1, 0.15) is 5.52 Å². The minimum Gasteiger partial charge on any atom is -0.441 e. The van der Waals surface area contributed by atoms with Gasteiger partial charge in [0.15, 0.2) is 11.5 Å². The summed E-state index contributed by atoms with van der Waals surface area (Å²) >= 11 is 0. The van der Waals surface area contributed by atoms with E-state index in [9.17, 15) is 0 Å². The smallest absolute Gasteiger partial charge is 0.195 e. The summed E-state index contributed by atoms with van der Waals surface area (Å²) in [5, 5.41) is 0. The van der Waals surface area contributed by atoms with Gasteiger partial charge >= 0.3 is 0 Å². The van der Waals surface area contributed by atoms with Crippen molar-refractivity contribution in [2.24, 2.45) is 5.73 Å². The number of anilines is 1. The minimum absolute atomic E-state index is 0.711. The van der Waals surface area contributed by atoms with Crippen molar-refractivity contribution in [3.8, 4) is 0 Å². The molecular formula is C15H17N3O. The van der Waals surface area contributed by atoms with Crippen LogP contribution in [0.4, 0.5) is 5.69 Å². The highest BCUT2D eigenvalue weighted by molar-refractivity contribution is 5.76. The number of fused-ring (bicyclic) bond motifs is 1. The lowest BCUT2D eigenvalue weighted by Gasteiger charge is -2.10. The second kappa shape index (κ2) is 4.80. The Labute approximate surface area is 111 Å². The van der Waals surface area contributed by atoms with Crippen molar-refractivity contribution in [3.63, 3.8) is 0 Å². The van der Waals surface area contributed by atoms with Crippen LogP contribution >= 0.6 is 0 Å². The van der Waals surface area contributed by atoms with E-state index >= 15 is 0 Å². The van der Waals surface area contributed by atoms with Crippen LogP contribution in [0.1, 0.15) is 25.2 Å². The van der Waals surface area contributed by atoms with Crippen LogP contribution in [-0.4, -0.2) is 4.98 Å². The Morgan fingerprint density at radius 2 is 2.00 bits per heavy atom. The molecule has 19 heavy (non-hydrogen) atoms. The molecule has 1 heterocycles. The van der Waals surface area contributed by atoms with Gasteiger partial charge < -0.3 is 15.9 Å². The summed E-state index contributed by atoms with van der Waals surface area (Å²) in [6.07, 6.45) is 7.87. The fourth-order valence-electron chi connectivity index (χ4n) is 2.27. The lowest BCUT2D eigenvalue weighted by atomic mass is 9.99. The van der Waals surface area contributed by atoms with E-state index in [0.29, 0.717) is 5.69 Å². The Morgan fingerprint density at radius 3 is 2.79 bits per heavy atom. The second-order valence-corrected chi connectivity index (χ2v) is 4.90. The van der Waals surface area contributed by atoms with Crippen LogP contribution in [0.2, 0.25) is 0 Å². The van der Waals surface area contributed by atoms with E-state index < -0.39 is 0 Å². The first kappa shape index (κ1) is 11.8. The van der Waals surface area contributed by atoms with Gasteiger partial charge in [-0.3, -0.25) is 0 Å². The average molecular weight is 255 g/mol. The molecule has 4 heteroatoms. The van der Waals surface area contributed by atoms with Gasteiger partial charge in [-0.15, -0.1) is 0 Å². The van der Waals surface area contributed by atoms with E-state index in [-0.39, 0.29) is 0 Å². The molecule has 0 aliphatic heterocycles. The zero-order valence-electron chi connectivity index (χ0n) is 10.7. The van der Waals surface area contributed by atoms with Crippen LogP contribution in [0.3, 0.4) is 0 Å². The molecule has 1 aromatic heterocycles. The summed E-state index contributed by atoms with van der Waals surface area (Å²) in [5.41, 5.74) is 16.2. The Morgan fingerprint density at radius 1 is 1.11 bits per heavy atom. The first-order valence-corrected chi connectivity index (χ1v) is 6.50. The number of nitrogen functional groups attached to an aromatic ring is 1. The number of nitrogens with two attached hydrogens (primary N) is 2. The van der Waals surface area contributed by atoms with Gasteiger partial charge in [0.2, 0.25) is 0 Å². The van der Waals surface area contributed by atoms with Gasteiger partial charge in [0.25, 0.3) is 0 Å². The highest BCUT2D eigenvalue weighted by Gasteiger charge is 2.09. The zero-order chi connectivity index (χ0) is 13.2. The summed E-state index contributed by atoms with van der Waals surface area (Å²) in [6.45, 7) is 0. The quantitative estimate of drug-likeness (QED) is 0.826. The molecule has 0 saturated heterocycles. The van der Waals surface area contributed by atoms with Crippen LogP contribution in [0.15, 0.2) is 46.0 Å². The summed E-state index contributed by atoms with van der Waals surface area (Å²) in [4.78, 5) is 4.46. The van der Waals surface area contributed by atoms with E-state index in [4.69, 9.17) is 15.9 Å². The molecule has 1 aliphatic carbocycles. The number of aryl methyl sites for hydroxylation is 1. The topological polar surface area (TPSA) is 78.1 Å². The highest BCUT2D eigenvalue weighted by atomic mass is 16.3. The Kier molecular flexibility index (Phi) is 2.99. The maximum absolute atomic E-state index is 5.74. The Balaban J connectivity index is 1.72. The van der Waals surface area contributed by atoms with Crippen molar-refractivity contribution in [3.05, 3.63) is 47.5 Å². The molecule has 1 aliphatic rings. The summed E-state index contributed by atoms with van der Waals surface area (Å²) in [6, 6.07) is 5.53. The van der Waals surface area contributed by atoms with E-state index in [0.717, 1.165) is 48.4 Å². The average Bonchev–Trinajstić information content (AvgIpc) is 2.80.